The van der Waals surface area contributed by atoms with E-state index in [0.717, 1.165) is 37.1 Å². The van der Waals surface area contributed by atoms with Crippen LogP contribution in [0.3, 0.4) is 0 Å². The van der Waals surface area contributed by atoms with Gasteiger partial charge in [0, 0.05) is 18.7 Å². The molecule has 27 heavy (non-hydrogen) atoms. The van der Waals surface area contributed by atoms with E-state index < -0.39 is 0 Å². The fourth-order valence-corrected chi connectivity index (χ4v) is 3.20. The van der Waals surface area contributed by atoms with Crippen LogP contribution in [-0.2, 0) is 11.2 Å². The zero-order chi connectivity index (χ0) is 19.2. The first-order valence-electron chi connectivity index (χ1n) is 9.07. The Hall–Kier alpha value is -2.89. The van der Waals surface area contributed by atoms with E-state index in [-0.39, 0.29) is 18.1 Å². The van der Waals surface area contributed by atoms with E-state index >= 15 is 0 Å². The first-order valence-corrected chi connectivity index (χ1v) is 9.07. The van der Waals surface area contributed by atoms with Gasteiger partial charge in [0.15, 0.2) is 0 Å². The highest BCUT2D eigenvalue weighted by Crippen LogP contribution is 2.26. The second-order valence-corrected chi connectivity index (χ2v) is 6.68. The molecule has 1 aliphatic rings. The summed E-state index contributed by atoms with van der Waals surface area (Å²) in [4.78, 5) is 14.1. The minimum Gasteiger partial charge on any atom is -0.497 e. The van der Waals surface area contributed by atoms with Gasteiger partial charge in [-0.15, -0.1) is 0 Å². The second kappa shape index (κ2) is 8.66. The van der Waals surface area contributed by atoms with Crippen molar-refractivity contribution in [2.45, 2.75) is 26.2 Å². The number of rotatable bonds is 6. The van der Waals surface area contributed by atoms with Crippen LogP contribution in [0, 0.1) is 12.7 Å². The zero-order valence-electron chi connectivity index (χ0n) is 15.7. The van der Waals surface area contributed by atoms with Gasteiger partial charge in [-0.3, -0.25) is 4.79 Å². The first kappa shape index (κ1) is 18.9. The summed E-state index contributed by atoms with van der Waals surface area (Å²) in [6, 6.07) is 10.6. The molecule has 5 nitrogen and oxygen atoms in total. The summed E-state index contributed by atoms with van der Waals surface area (Å²) in [6.45, 7) is 3.70. The van der Waals surface area contributed by atoms with Crippen molar-refractivity contribution in [1.82, 2.24) is 5.43 Å². The number of anilines is 1. The summed E-state index contributed by atoms with van der Waals surface area (Å²) in [5, 5.41) is 3.97. The number of nitrogens with zero attached hydrogens (tertiary/aromatic N) is 2. The third-order valence-electron chi connectivity index (χ3n) is 4.67. The molecule has 2 aromatic carbocycles. The van der Waals surface area contributed by atoms with Crippen molar-refractivity contribution in [3.05, 3.63) is 58.9 Å². The van der Waals surface area contributed by atoms with Crippen LogP contribution in [0.4, 0.5) is 10.1 Å². The monoisotopic (exact) mass is 369 g/mol. The molecule has 142 valence electrons. The van der Waals surface area contributed by atoms with E-state index in [4.69, 9.17) is 4.74 Å². The Morgan fingerprint density at radius 2 is 2.07 bits per heavy atom. The highest BCUT2D eigenvalue weighted by Gasteiger charge is 2.17. The molecule has 1 amide bonds. The summed E-state index contributed by atoms with van der Waals surface area (Å²) in [5.41, 5.74) is 5.54. The molecule has 1 aliphatic heterocycles. The molecule has 0 spiro atoms. The van der Waals surface area contributed by atoms with Gasteiger partial charge in [0.25, 0.3) is 0 Å². The average molecular weight is 369 g/mol. The van der Waals surface area contributed by atoms with E-state index in [2.05, 4.69) is 15.4 Å². The summed E-state index contributed by atoms with van der Waals surface area (Å²) < 4.78 is 19.6. The van der Waals surface area contributed by atoms with Crippen LogP contribution >= 0.6 is 0 Å². The fraction of sp³-hybridized carbons (Fsp3) is 0.333. The van der Waals surface area contributed by atoms with E-state index in [1.54, 1.807) is 13.2 Å². The Kier molecular flexibility index (Phi) is 6.06. The SMILES string of the molecule is COc1cccc(CC(=O)NN=Cc2cc(F)c(N3CCCC3)cc2C)c1. The van der Waals surface area contributed by atoms with Crippen molar-refractivity contribution < 1.29 is 13.9 Å². The van der Waals surface area contributed by atoms with Crippen molar-refractivity contribution >= 4 is 17.8 Å². The third kappa shape index (κ3) is 4.84. The molecule has 2 aromatic rings. The van der Waals surface area contributed by atoms with Crippen molar-refractivity contribution in [3.63, 3.8) is 0 Å². The number of amides is 1. The fourth-order valence-electron chi connectivity index (χ4n) is 3.20. The van der Waals surface area contributed by atoms with E-state index in [1.807, 2.05) is 31.2 Å². The molecule has 0 aliphatic carbocycles. The Bertz CT molecular complexity index is 845. The Labute approximate surface area is 158 Å². The second-order valence-electron chi connectivity index (χ2n) is 6.68. The van der Waals surface area contributed by atoms with Crippen LogP contribution in [0.5, 0.6) is 5.75 Å². The summed E-state index contributed by atoms with van der Waals surface area (Å²) in [5.74, 6) is 0.200. The molecular formula is C21H24FN3O2. The van der Waals surface area contributed by atoms with Gasteiger partial charge in [-0.1, -0.05) is 12.1 Å². The summed E-state index contributed by atoms with van der Waals surface area (Å²) in [7, 11) is 1.58. The lowest BCUT2D eigenvalue weighted by Gasteiger charge is -2.19. The van der Waals surface area contributed by atoms with Crippen LogP contribution in [0.15, 0.2) is 41.5 Å². The third-order valence-corrected chi connectivity index (χ3v) is 4.67. The molecule has 0 saturated carbocycles. The highest BCUT2D eigenvalue weighted by molar-refractivity contribution is 5.85. The number of benzene rings is 2. The van der Waals surface area contributed by atoms with Crippen molar-refractivity contribution in [2.24, 2.45) is 5.10 Å². The molecule has 0 atom stereocenters. The van der Waals surface area contributed by atoms with Gasteiger partial charge in [-0.05, 0) is 55.2 Å². The number of methoxy groups -OCH3 is 1. The maximum atomic E-state index is 14.4. The van der Waals surface area contributed by atoms with Gasteiger partial charge in [0.2, 0.25) is 5.91 Å². The number of hydrogen-bond acceptors (Lipinski definition) is 4. The molecule has 1 saturated heterocycles. The van der Waals surface area contributed by atoms with Crippen molar-refractivity contribution in [1.29, 1.82) is 0 Å². The Morgan fingerprint density at radius 1 is 1.30 bits per heavy atom. The normalized spacial score (nSPS) is 14.0. The predicted octanol–water partition coefficient (Wildman–Crippen LogP) is 3.44. The summed E-state index contributed by atoms with van der Waals surface area (Å²) >= 11 is 0. The number of aryl methyl sites for hydroxylation is 1. The number of carbonyl (C=O) groups is 1. The summed E-state index contributed by atoms with van der Waals surface area (Å²) in [6.07, 6.45) is 3.87. The first-order chi connectivity index (χ1) is 13.1. The van der Waals surface area contributed by atoms with Gasteiger partial charge in [-0.25, -0.2) is 9.82 Å². The van der Waals surface area contributed by atoms with Crippen LogP contribution in [0.1, 0.15) is 29.5 Å². The maximum absolute atomic E-state index is 14.4. The molecule has 0 bridgehead atoms. The van der Waals surface area contributed by atoms with E-state index in [9.17, 15) is 9.18 Å². The zero-order valence-corrected chi connectivity index (χ0v) is 15.7. The number of ether oxygens (including phenoxy) is 1. The van der Waals surface area contributed by atoms with Gasteiger partial charge in [0.05, 0.1) is 25.4 Å². The average Bonchev–Trinajstić information content (AvgIpc) is 3.19. The lowest BCUT2D eigenvalue weighted by atomic mass is 10.1. The smallest absolute Gasteiger partial charge is 0.244 e. The van der Waals surface area contributed by atoms with Crippen LogP contribution in [-0.4, -0.2) is 32.3 Å². The lowest BCUT2D eigenvalue weighted by Crippen LogP contribution is -2.20. The Morgan fingerprint density at radius 3 is 2.81 bits per heavy atom. The van der Waals surface area contributed by atoms with Gasteiger partial charge >= 0.3 is 0 Å². The van der Waals surface area contributed by atoms with Crippen LogP contribution in [0.2, 0.25) is 0 Å². The quantitative estimate of drug-likeness (QED) is 0.627. The molecule has 1 heterocycles. The minimum atomic E-state index is -0.258. The largest absolute Gasteiger partial charge is 0.497 e. The number of carbonyl (C=O) groups excluding carboxylic acids is 1. The number of halogens is 1. The van der Waals surface area contributed by atoms with Crippen LogP contribution in [0.25, 0.3) is 0 Å². The van der Waals surface area contributed by atoms with Gasteiger partial charge < -0.3 is 9.64 Å². The van der Waals surface area contributed by atoms with Crippen molar-refractivity contribution in [3.8, 4) is 5.75 Å². The lowest BCUT2D eigenvalue weighted by molar-refractivity contribution is -0.120. The number of nitrogens with one attached hydrogen (secondary N) is 1. The molecule has 1 N–H and O–H groups in total. The minimum absolute atomic E-state index is 0.190. The van der Waals surface area contributed by atoms with Crippen LogP contribution < -0.4 is 15.1 Å². The highest BCUT2D eigenvalue weighted by atomic mass is 19.1. The van der Waals surface area contributed by atoms with Gasteiger partial charge in [-0.2, -0.15) is 5.10 Å². The topological polar surface area (TPSA) is 53.9 Å². The molecule has 0 aromatic heterocycles. The van der Waals surface area contributed by atoms with E-state index in [1.165, 1.54) is 12.3 Å². The molecular weight excluding hydrogens is 345 g/mol. The molecule has 1 fully saturated rings. The van der Waals surface area contributed by atoms with Crippen molar-refractivity contribution in [2.75, 3.05) is 25.1 Å². The van der Waals surface area contributed by atoms with Gasteiger partial charge in [0.1, 0.15) is 11.6 Å². The molecule has 3 rings (SSSR count). The Balaban J connectivity index is 1.61. The standard InChI is InChI=1S/C21H24FN3O2/c1-15-10-20(25-8-3-4-9-25)19(22)13-17(15)14-23-24-21(26)12-16-6-5-7-18(11-16)27-2/h5-7,10-11,13-14H,3-4,8-9,12H2,1-2H3,(H,24,26). The number of hydrazone groups is 1. The molecule has 0 radical (unpaired) electrons. The molecule has 6 heteroatoms. The predicted molar refractivity (Wildman–Crippen MR) is 105 cm³/mol. The molecule has 0 unspecified atom stereocenters. The maximum Gasteiger partial charge on any atom is 0.244 e. The van der Waals surface area contributed by atoms with E-state index in [0.29, 0.717) is 17.0 Å². The number of hydrogen-bond donors (Lipinski definition) is 1.